The SMILES string of the molecule is CCN(C)C(=O)c1ccc(C#CC(O)c2cc(N(C)Cc3ccc(C)cc3)c3c(c2)C(C)(C)CCC3(C)C)cc1. The number of nitrogens with zero attached hydrogens (tertiary/aromatic N) is 2. The second-order valence-electron chi connectivity index (χ2n) is 12.6. The summed E-state index contributed by atoms with van der Waals surface area (Å²) in [6.07, 6.45) is 1.29. The van der Waals surface area contributed by atoms with Crippen LogP contribution in [0.5, 0.6) is 0 Å². The summed E-state index contributed by atoms with van der Waals surface area (Å²) in [4.78, 5) is 16.4. The number of carbonyl (C=O) groups is 1. The summed E-state index contributed by atoms with van der Waals surface area (Å²) in [5, 5.41) is 11.3. The number of hydrogen-bond donors (Lipinski definition) is 1. The average molecular weight is 537 g/mol. The molecule has 1 aliphatic rings. The Labute approximate surface area is 241 Å². The third kappa shape index (κ3) is 6.26. The molecule has 40 heavy (non-hydrogen) atoms. The highest BCUT2D eigenvalue weighted by atomic mass is 16.3. The van der Waals surface area contributed by atoms with Gasteiger partial charge in [0.05, 0.1) is 0 Å². The number of aliphatic hydroxyl groups excluding tert-OH is 1. The van der Waals surface area contributed by atoms with E-state index in [-0.39, 0.29) is 16.7 Å². The van der Waals surface area contributed by atoms with Crippen LogP contribution < -0.4 is 4.90 Å². The van der Waals surface area contributed by atoms with E-state index in [0.717, 1.165) is 36.2 Å². The summed E-state index contributed by atoms with van der Waals surface area (Å²) in [5.74, 6) is 6.18. The molecule has 0 aromatic heterocycles. The molecule has 0 fully saturated rings. The van der Waals surface area contributed by atoms with Gasteiger partial charge in [0.15, 0.2) is 0 Å². The van der Waals surface area contributed by atoms with E-state index in [1.807, 2.05) is 19.1 Å². The van der Waals surface area contributed by atoms with Crippen LogP contribution in [0.25, 0.3) is 0 Å². The van der Waals surface area contributed by atoms with Crippen LogP contribution in [0.2, 0.25) is 0 Å². The van der Waals surface area contributed by atoms with Crippen LogP contribution in [0.15, 0.2) is 60.7 Å². The molecule has 4 nitrogen and oxygen atoms in total. The summed E-state index contributed by atoms with van der Waals surface area (Å²) in [6.45, 7) is 14.8. The molecule has 0 heterocycles. The van der Waals surface area contributed by atoms with Crippen molar-refractivity contribution in [1.82, 2.24) is 4.90 Å². The Morgan fingerprint density at radius 1 is 0.950 bits per heavy atom. The van der Waals surface area contributed by atoms with Gasteiger partial charge in [-0.3, -0.25) is 4.79 Å². The van der Waals surface area contributed by atoms with E-state index in [1.54, 1.807) is 24.1 Å². The van der Waals surface area contributed by atoms with Crippen LogP contribution >= 0.6 is 0 Å². The monoisotopic (exact) mass is 536 g/mol. The lowest BCUT2D eigenvalue weighted by molar-refractivity contribution is 0.0802. The second-order valence-corrected chi connectivity index (χ2v) is 12.6. The minimum absolute atomic E-state index is 0.00147. The summed E-state index contributed by atoms with van der Waals surface area (Å²) in [5.41, 5.74) is 8.60. The van der Waals surface area contributed by atoms with Gasteiger partial charge in [-0.05, 0) is 90.1 Å². The van der Waals surface area contributed by atoms with E-state index in [2.05, 4.69) is 94.8 Å². The van der Waals surface area contributed by atoms with Gasteiger partial charge in [-0.1, -0.05) is 75.4 Å². The normalized spacial score (nSPS) is 15.8. The zero-order valence-corrected chi connectivity index (χ0v) is 25.4. The summed E-state index contributed by atoms with van der Waals surface area (Å²) < 4.78 is 0. The zero-order valence-electron chi connectivity index (χ0n) is 25.4. The predicted octanol–water partition coefficient (Wildman–Crippen LogP) is 7.16. The third-order valence-corrected chi connectivity index (χ3v) is 8.49. The number of rotatable bonds is 6. The molecule has 210 valence electrons. The highest BCUT2D eigenvalue weighted by Gasteiger charge is 2.40. The number of amides is 1. The standard InChI is InChI=1S/C36H44N2O2/c1-9-37(7)34(40)28-17-14-26(15-18-28)16-19-32(39)29-22-30-33(36(5,6)21-20-35(30,3)4)31(23-29)38(8)24-27-12-10-25(2)11-13-27/h10-15,17-18,22-23,32,39H,9,20-21,24H2,1-8H3. The topological polar surface area (TPSA) is 43.8 Å². The molecule has 1 atom stereocenters. The molecular weight excluding hydrogens is 492 g/mol. The van der Waals surface area contributed by atoms with E-state index < -0.39 is 6.10 Å². The summed E-state index contributed by atoms with van der Waals surface area (Å²) in [7, 11) is 3.94. The van der Waals surface area contributed by atoms with Gasteiger partial charge in [-0.2, -0.15) is 0 Å². The molecule has 1 amide bonds. The molecule has 0 spiro atoms. The Kier molecular flexibility index (Phi) is 8.47. The van der Waals surface area contributed by atoms with E-state index in [4.69, 9.17) is 0 Å². The number of benzene rings is 3. The summed E-state index contributed by atoms with van der Waals surface area (Å²) >= 11 is 0. The van der Waals surface area contributed by atoms with Crippen molar-refractivity contribution in [1.29, 1.82) is 0 Å². The number of hydrogen-bond acceptors (Lipinski definition) is 3. The Bertz CT molecular complexity index is 1420. The smallest absolute Gasteiger partial charge is 0.253 e. The maximum absolute atomic E-state index is 12.4. The van der Waals surface area contributed by atoms with Crippen LogP contribution in [0.3, 0.4) is 0 Å². The van der Waals surface area contributed by atoms with Crippen LogP contribution in [0, 0.1) is 18.8 Å². The fraction of sp³-hybridized carbons (Fsp3) is 0.417. The Morgan fingerprint density at radius 3 is 2.20 bits per heavy atom. The van der Waals surface area contributed by atoms with Crippen LogP contribution in [0.4, 0.5) is 5.69 Å². The van der Waals surface area contributed by atoms with Crippen LogP contribution in [0.1, 0.15) is 97.3 Å². The largest absolute Gasteiger partial charge is 0.376 e. The first-order chi connectivity index (χ1) is 18.8. The van der Waals surface area contributed by atoms with Gasteiger partial charge in [-0.15, -0.1) is 0 Å². The first-order valence-electron chi connectivity index (χ1n) is 14.3. The Morgan fingerprint density at radius 2 is 1.57 bits per heavy atom. The van der Waals surface area contributed by atoms with Gasteiger partial charge in [-0.25, -0.2) is 0 Å². The quantitative estimate of drug-likeness (QED) is 0.340. The van der Waals surface area contributed by atoms with Gasteiger partial charge in [0, 0.05) is 44.0 Å². The zero-order chi connectivity index (χ0) is 29.2. The number of carbonyl (C=O) groups excluding carboxylic acids is 1. The molecule has 0 aliphatic heterocycles. The van der Waals surface area contributed by atoms with E-state index in [9.17, 15) is 9.90 Å². The van der Waals surface area contributed by atoms with Crippen molar-refractivity contribution < 1.29 is 9.90 Å². The van der Waals surface area contributed by atoms with Crippen molar-refractivity contribution in [2.75, 3.05) is 25.5 Å². The number of anilines is 1. The van der Waals surface area contributed by atoms with Crippen molar-refractivity contribution in [3.63, 3.8) is 0 Å². The molecular formula is C36H44N2O2. The van der Waals surface area contributed by atoms with Crippen molar-refractivity contribution in [2.24, 2.45) is 0 Å². The molecule has 4 rings (SSSR count). The molecule has 0 bridgehead atoms. The first kappa shape index (κ1) is 29.4. The predicted molar refractivity (Wildman–Crippen MR) is 166 cm³/mol. The van der Waals surface area contributed by atoms with Gasteiger partial charge in [0.1, 0.15) is 6.10 Å². The summed E-state index contributed by atoms with van der Waals surface area (Å²) in [6, 6.07) is 20.3. The lowest BCUT2D eigenvalue weighted by atomic mass is 9.62. The van der Waals surface area contributed by atoms with Crippen molar-refractivity contribution in [3.8, 4) is 11.8 Å². The van der Waals surface area contributed by atoms with Crippen molar-refractivity contribution in [2.45, 2.75) is 77.9 Å². The lowest BCUT2D eigenvalue weighted by Gasteiger charge is -2.44. The van der Waals surface area contributed by atoms with E-state index in [1.165, 1.54) is 22.3 Å². The van der Waals surface area contributed by atoms with Crippen molar-refractivity contribution in [3.05, 3.63) is 99.6 Å². The molecule has 1 aliphatic carbocycles. The lowest BCUT2D eigenvalue weighted by Crippen LogP contribution is -2.36. The molecule has 4 heteroatoms. The Balaban J connectivity index is 1.70. The minimum Gasteiger partial charge on any atom is -0.376 e. The third-order valence-electron chi connectivity index (χ3n) is 8.49. The maximum atomic E-state index is 12.4. The molecule has 1 unspecified atom stereocenters. The van der Waals surface area contributed by atoms with Crippen molar-refractivity contribution >= 4 is 11.6 Å². The Hall–Kier alpha value is -3.55. The van der Waals surface area contributed by atoms with Crippen LogP contribution in [-0.2, 0) is 17.4 Å². The second kappa shape index (κ2) is 11.5. The number of fused-ring (bicyclic) bond motifs is 1. The van der Waals surface area contributed by atoms with Gasteiger partial charge in [0.2, 0.25) is 0 Å². The van der Waals surface area contributed by atoms with E-state index in [0.29, 0.717) is 12.1 Å². The van der Waals surface area contributed by atoms with Crippen LogP contribution in [-0.4, -0.2) is 36.6 Å². The number of aryl methyl sites for hydroxylation is 1. The van der Waals surface area contributed by atoms with Gasteiger partial charge < -0.3 is 14.9 Å². The van der Waals surface area contributed by atoms with Gasteiger partial charge >= 0.3 is 0 Å². The average Bonchev–Trinajstić information content (AvgIpc) is 2.94. The maximum Gasteiger partial charge on any atom is 0.253 e. The molecule has 0 saturated carbocycles. The fourth-order valence-corrected chi connectivity index (χ4v) is 5.58. The molecule has 3 aromatic rings. The number of aliphatic hydroxyl groups is 1. The minimum atomic E-state index is -0.926. The highest BCUT2D eigenvalue weighted by Crippen LogP contribution is 2.50. The molecule has 1 N–H and O–H groups in total. The molecule has 3 aromatic carbocycles. The molecule has 0 radical (unpaired) electrons. The first-order valence-corrected chi connectivity index (χ1v) is 14.3. The molecule has 0 saturated heterocycles. The van der Waals surface area contributed by atoms with E-state index >= 15 is 0 Å². The van der Waals surface area contributed by atoms with Gasteiger partial charge in [0.25, 0.3) is 5.91 Å². The highest BCUT2D eigenvalue weighted by molar-refractivity contribution is 5.94. The fourth-order valence-electron chi connectivity index (χ4n) is 5.58.